The van der Waals surface area contributed by atoms with Gasteiger partial charge in [0, 0.05) is 37.8 Å². The molecule has 0 aliphatic carbocycles. The van der Waals surface area contributed by atoms with Gasteiger partial charge in [0.1, 0.15) is 11.6 Å². The number of benzene rings is 1. The molecule has 2 rings (SSSR count). The molecule has 1 aromatic rings. The highest BCUT2D eigenvalue weighted by molar-refractivity contribution is 5.21. The van der Waals surface area contributed by atoms with Crippen LogP contribution < -0.4 is 5.32 Å². The Morgan fingerprint density at radius 1 is 1.50 bits per heavy atom. The van der Waals surface area contributed by atoms with Crippen LogP contribution >= 0.6 is 0 Å². The molecule has 1 fully saturated rings. The van der Waals surface area contributed by atoms with Gasteiger partial charge in [-0.05, 0) is 13.1 Å². The van der Waals surface area contributed by atoms with Crippen molar-refractivity contribution in [3.05, 3.63) is 35.4 Å². The highest BCUT2D eigenvalue weighted by Crippen LogP contribution is 2.17. The van der Waals surface area contributed by atoms with Gasteiger partial charge >= 0.3 is 0 Å². The van der Waals surface area contributed by atoms with E-state index >= 15 is 0 Å². The topological polar surface area (TPSA) is 44.7 Å². The normalized spacial score (nSPS) is 21.9. The molecule has 0 bridgehead atoms. The van der Waals surface area contributed by atoms with Crippen molar-refractivity contribution in [2.75, 3.05) is 39.8 Å². The number of aliphatic hydroxyl groups excluding tert-OH is 1. The van der Waals surface area contributed by atoms with E-state index in [2.05, 4.69) is 10.2 Å². The minimum absolute atomic E-state index is 0.0685. The van der Waals surface area contributed by atoms with Crippen LogP contribution in [-0.2, 0) is 4.74 Å². The van der Waals surface area contributed by atoms with Crippen LogP contribution in [0.2, 0.25) is 0 Å². The zero-order valence-corrected chi connectivity index (χ0v) is 11.5. The van der Waals surface area contributed by atoms with Gasteiger partial charge in [0.25, 0.3) is 0 Å². The molecule has 1 aromatic carbocycles. The van der Waals surface area contributed by atoms with Gasteiger partial charge in [0.15, 0.2) is 0 Å². The molecule has 4 nitrogen and oxygen atoms in total. The predicted octanol–water partition coefficient (Wildman–Crippen LogP) is 0.918. The first-order chi connectivity index (χ1) is 9.56. The van der Waals surface area contributed by atoms with Crippen molar-refractivity contribution in [3.8, 4) is 0 Å². The average molecular weight is 286 g/mol. The lowest BCUT2D eigenvalue weighted by molar-refractivity contribution is -0.0191. The highest BCUT2D eigenvalue weighted by atomic mass is 19.1. The number of aliphatic hydroxyl groups is 1. The summed E-state index contributed by atoms with van der Waals surface area (Å²) >= 11 is 0. The summed E-state index contributed by atoms with van der Waals surface area (Å²) in [5.74, 6) is -1.38. The highest BCUT2D eigenvalue weighted by Gasteiger charge is 2.18. The van der Waals surface area contributed by atoms with Gasteiger partial charge in [-0.3, -0.25) is 0 Å². The molecule has 0 aromatic heterocycles. The second-order valence-corrected chi connectivity index (χ2v) is 5.09. The Balaban J connectivity index is 1.78. The van der Waals surface area contributed by atoms with Crippen molar-refractivity contribution in [2.45, 2.75) is 12.2 Å². The number of halogens is 2. The maximum atomic E-state index is 13.5. The number of nitrogens with zero attached hydrogens (tertiary/aromatic N) is 1. The summed E-state index contributed by atoms with van der Waals surface area (Å²) in [5, 5.41) is 13.0. The van der Waals surface area contributed by atoms with Crippen LogP contribution in [0.15, 0.2) is 18.2 Å². The van der Waals surface area contributed by atoms with E-state index in [9.17, 15) is 13.9 Å². The van der Waals surface area contributed by atoms with Crippen molar-refractivity contribution < 1.29 is 18.6 Å². The van der Waals surface area contributed by atoms with Crippen molar-refractivity contribution >= 4 is 0 Å². The molecular weight excluding hydrogens is 266 g/mol. The Morgan fingerprint density at radius 3 is 3.00 bits per heavy atom. The van der Waals surface area contributed by atoms with Crippen LogP contribution in [0.4, 0.5) is 8.78 Å². The standard InChI is InChI=1S/C14H20F2N2O2/c1-18-4-5-20-11(9-18)7-17-8-14(19)12-3-2-10(15)6-13(12)16/h2-3,6,11,14,17,19H,4-5,7-9H2,1H3. The molecule has 1 heterocycles. The molecule has 2 unspecified atom stereocenters. The molecule has 0 saturated carbocycles. The second kappa shape index (κ2) is 7.08. The van der Waals surface area contributed by atoms with Gasteiger partial charge in [-0.15, -0.1) is 0 Å². The molecule has 1 aliphatic heterocycles. The largest absolute Gasteiger partial charge is 0.387 e. The van der Waals surface area contributed by atoms with Gasteiger partial charge in [0.2, 0.25) is 0 Å². The summed E-state index contributed by atoms with van der Waals surface area (Å²) in [6.07, 6.45) is -0.934. The van der Waals surface area contributed by atoms with Crippen molar-refractivity contribution in [1.29, 1.82) is 0 Å². The summed E-state index contributed by atoms with van der Waals surface area (Å²) in [4.78, 5) is 2.17. The van der Waals surface area contributed by atoms with E-state index in [1.54, 1.807) is 0 Å². The minimum Gasteiger partial charge on any atom is -0.387 e. The van der Waals surface area contributed by atoms with Crippen LogP contribution in [0.3, 0.4) is 0 Å². The zero-order valence-electron chi connectivity index (χ0n) is 11.5. The van der Waals surface area contributed by atoms with E-state index in [1.807, 2.05) is 7.05 Å². The third kappa shape index (κ3) is 4.21. The molecule has 0 radical (unpaired) electrons. The Labute approximate surface area is 117 Å². The first-order valence-corrected chi connectivity index (χ1v) is 6.70. The van der Waals surface area contributed by atoms with Crippen LogP contribution in [0.25, 0.3) is 0 Å². The number of hydrogen-bond donors (Lipinski definition) is 2. The Hall–Kier alpha value is -1.08. The smallest absolute Gasteiger partial charge is 0.131 e. The Bertz CT molecular complexity index is 445. The van der Waals surface area contributed by atoms with E-state index in [0.29, 0.717) is 13.2 Å². The van der Waals surface area contributed by atoms with E-state index in [0.717, 1.165) is 25.2 Å². The maximum absolute atomic E-state index is 13.5. The zero-order chi connectivity index (χ0) is 14.5. The minimum atomic E-state index is -1.00. The SMILES string of the molecule is CN1CCOC(CNCC(O)c2ccc(F)cc2F)C1. The van der Waals surface area contributed by atoms with Crippen LogP contribution in [0, 0.1) is 11.6 Å². The third-order valence-corrected chi connectivity index (χ3v) is 3.37. The van der Waals surface area contributed by atoms with Crippen LogP contribution in [0.5, 0.6) is 0 Å². The van der Waals surface area contributed by atoms with Gasteiger partial charge in [-0.25, -0.2) is 8.78 Å². The molecule has 0 amide bonds. The van der Waals surface area contributed by atoms with Crippen LogP contribution in [-0.4, -0.2) is 55.9 Å². The van der Waals surface area contributed by atoms with Gasteiger partial charge in [-0.2, -0.15) is 0 Å². The third-order valence-electron chi connectivity index (χ3n) is 3.37. The molecule has 0 spiro atoms. The molecule has 6 heteroatoms. The number of hydrogen-bond acceptors (Lipinski definition) is 4. The van der Waals surface area contributed by atoms with E-state index in [-0.39, 0.29) is 18.2 Å². The Morgan fingerprint density at radius 2 is 2.30 bits per heavy atom. The van der Waals surface area contributed by atoms with Gasteiger partial charge in [0.05, 0.1) is 18.8 Å². The summed E-state index contributed by atoms with van der Waals surface area (Å²) in [5.41, 5.74) is 0.0978. The van der Waals surface area contributed by atoms with E-state index < -0.39 is 17.7 Å². The van der Waals surface area contributed by atoms with E-state index in [1.165, 1.54) is 6.07 Å². The number of likely N-dealkylation sites (N-methyl/N-ethyl adjacent to an activating group) is 1. The fourth-order valence-electron chi connectivity index (χ4n) is 2.25. The molecule has 20 heavy (non-hydrogen) atoms. The number of morpholine rings is 1. The molecule has 112 valence electrons. The predicted molar refractivity (Wildman–Crippen MR) is 71.4 cm³/mol. The average Bonchev–Trinajstić information content (AvgIpc) is 2.38. The lowest BCUT2D eigenvalue weighted by Crippen LogP contribution is -2.45. The fraction of sp³-hybridized carbons (Fsp3) is 0.571. The number of ether oxygens (including phenoxy) is 1. The molecule has 2 N–H and O–H groups in total. The van der Waals surface area contributed by atoms with Gasteiger partial charge < -0.3 is 20.1 Å². The second-order valence-electron chi connectivity index (χ2n) is 5.09. The molecule has 1 aliphatic rings. The first kappa shape index (κ1) is 15.3. The van der Waals surface area contributed by atoms with E-state index in [4.69, 9.17) is 4.74 Å². The maximum Gasteiger partial charge on any atom is 0.131 e. The molecule has 2 atom stereocenters. The number of nitrogens with one attached hydrogen (secondary N) is 1. The van der Waals surface area contributed by atoms with Crippen LogP contribution in [0.1, 0.15) is 11.7 Å². The molecular formula is C14H20F2N2O2. The fourth-order valence-corrected chi connectivity index (χ4v) is 2.25. The quantitative estimate of drug-likeness (QED) is 0.845. The summed E-state index contributed by atoms with van der Waals surface area (Å²) in [6, 6.07) is 3.18. The van der Waals surface area contributed by atoms with Crippen molar-refractivity contribution in [3.63, 3.8) is 0 Å². The number of rotatable bonds is 5. The lowest BCUT2D eigenvalue weighted by Gasteiger charge is -2.30. The Kier molecular flexibility index (Phi) is 5.42. The first-order valence-electron chi connectivity index (χ1n) is 6.70. The van der Waals surface area contributed by atoms with Gasteiger partial charge in [-0.1, -0.05) is 6.07 Å². The van der Waals surface area contributed by atoms with Crippen molar-refractivity contribution in [2.24, 2.45) is 0 Å². The lowest BCUT2D eigenvalue weighted by atomic mass is 10.1. The monoisotopic (exact) mass is 286 g/mol. The summed E-state index contributed by atoms with van der Waals surface area (Å²) in [7, 11) is 2.03. The summed E-state index contributed by atoms with van der Waals surface area (Å²) < 4.78 is 31.8. The molecule has 1 saturated heterocycles. The summed E-state index contributed by atoms with van der Waals surface area (Å²) in [6.45, 7) is 3.22. The van der Waals surface area contributed by atoms with Crippen molar-refractivity contribution in [1.82, 2.24) is 10.2 Å².